The van der Waals surface area contributed by atoms with Crippen LogP contribution in [0.4, 0.5) is 11.4 Å². The Morgan fingerprint density at radius 1 is 0.941 bits per heavy atom. The number of benzene rings is 2. The van der Waals surface area contributed by atoms with Crippen molar-refractivity contribution < 1.29 is 18.0 Å². The fourth-order valence-corrected chi connectivity index (χ4v) is 4.72. The average molecular weight is 499 g/mol. The second-order valence-electron chi connectivity index (χ2n) is 7.43. The van der Waals surface area contributed by atoms with E-state index in [2.05, 4.69) is 27.3 Å². The quantitative estimate of drug-likeness (QED) is 0.354. The topological polar surface area (TPSA) is 117 Å². The Balaban J connectivity index is 1.59. The molecule has 178 valence electrons. The molecule has 3 rings (SSSR count). The zero-order chi connectivity index (χ0) is 24.6. The summed E-state index contributed by atoms with van der Waals surface area (Å²) in [6, 6.07) is 16.3. The molecule has 1 aromatic heterocycles. The van der Waals surface area contributed by atoms with E-state index in [9.17, 15) is 18.0 Å². The van der Waals surface area contributed by atoms with Gasteiger partial charge in [0, 0.05) is 35.9 Å². The normalized spacial score (nSPS) is 11.0. The van der Waals surface area contributed by atoms with Gasteiger partial charge >= 0.3 is 0 Å². The highest BCUT2D eigenvalue weighted by molar-refractivity contribution is 7.99. The van der Waals surface area contributed by atoms with E-state index in [0.29, 0.717) is 23.5 Å². The van der Waals surface area contributed by atoms with E-state index >= 15 is 0 Å². The molecule has 0 saturated carbocycles. The van der Waals surface area contributed by atoms with E-state index in [4.69, 9.17) is 0 Å². The van der Waals surface area contributed by atoms with Gasteiger partial charge in [-0.1, -0.05) is 25.1 Å². The van der Waals surface area contributed by atoms with Crippen LogP contribution in [-0.4, -0.2) is 31.8 Å². The van der Waals surface area contributed by atoms with Crippen LogP contribution < -0.4 is 15.4 Å². The summed E-state index contributed by atoms with van der Waals surface area (Å²) < 4.78 is 27.8. The maximum Gasteiger partial charge on any atom is 0.261 e. The minimum absolute atomic E-state index is 0.0862. The van der Waals surface area contributed by atoms with Gasteiger partial charge in [-0.2, -0.15) is 0 Å². The lowest BCUT2D eigenvalue weighted by Gasteiger charge is -2.10. The lowest BCUT2D eigenvalue weighted by Crippen LogP contribution is -2.24. The molecule has 3 N–H and O–H groups in total. The first-order valence-corrected chi connectivity index (χ1v) is 13.0. The Hall–Kier alpha value is -3.37. The number of rotatable bonds is 10. The number of carbonyl (C=O) groups is 2. The molecular weight excluding hydrogens is 472 g/mol. The number of hydrogen-bond donors (Lipinski definition) is 3. The summed E-state index contributed by atoms with van der Waals surface area (Å²) in [5, 5.41) is 6.17. The third-order valence-electron chi connectivity index (χ3n) is 4.63. The minimum Gasteiger partial charge on any atom is -0.352 e. The summed E-state index contributed by atoms with van der Waals surface area (Å²) >= 11 is 1.40. The smallest absolute Gasteiger partial charge is 0.261 e. The first kappa shape index (κ1) is 25.3. The number of amides is 2. The van der Waals surface area contributed by atoms with Crippen LogP contribution in [-0.2, 0) is 14.8 Å². The summed E-state index contributed by atoms with van der Waals surface area (Å²) in [5.41, 5.74) is 1.45. The monoisotopic (exact) mass is 498 g/mol. The predicted molar refractivity (Wildman–Crippen MR) is 134 cm³/mol. The van der Waals surface area contributed by atoms with Crippen LogP contribution >= 0.6 is 11.8 Å². The van der Waals surface area contributed by atoms with Crippen molar-refractivity contribution in [3.8, 4) is 0 Å². The number of sulfonamides is 1. The Morgan fingerprint density at radius 2 is 1.62 bits per heavy atom. The largest absolute Gasteiger partial charge is 0.352 e. The van der Waals surface area contributed by atoms with E-state index in [-0.39, 0.29) is 16.7 Å². The fourth-order valence-electron chi connectivity index (χ4n) is 2.90. The van der Waals surface area contributed by atoms with Crippen molar-refractivity contribution >= 4 is 45.0 Å². The molecule has 0 saturated heterocycles. The second kappa shape index (κ2) is 11.7. The fraction of sp³-hybridized carbons (Fsp3) is 0.208. The van der Waals surface area contributed by atoms with Crippen molar-refractivity contribution in [2.45, 2.75) is 41.5 Å². The van der Waals surface area contributed by atoms with Gasteiger partial charge in [0.05, 0.1) is 10.5 Å². The van der Waals surface area contributed by atoms with Crippen molar-refractivity contribution in [1.29, 1.82) is 0 Å². The van der Waals surface area contributed by atoms with Crippen LogP contribution in [0.5, 0.6) is 0 Å². The van der Waals surface area contributed by atoms with Crippen LogP contribution in [0.25, 0.3) is 0 Å². The van der Waals surface area contributed by atoms with Gasteiger partial charge in [-0.25, -0.2) is 13.4 Å². The van der Waals surface area contributed by atoms with Gasteiger partial charge in [-0.05, 0) is 67.1 Å². The highest BCUT2D eigenvalue weighted by atomic mass is 32.2. The zero-order valence-electron chi connectivity index (χ0n) is 18.9. The number of aromatic nitrogens is 1. The predicted octanol–water partition coefficient (Wildman–Crippen LogP) is 4.52. The molecule has 2 amide bonds. The Labute approximate surface area is 203 Å². The molecule has 0 radical (unpaired) electrons. The van der Waals surface area contributed by atoms with Gasteiger partial charge in [-0.15, -0.1) is 0 Å². The Kier molecular flexibility index (Phi) is 8.67. The van der Waals surface area contributed by atoms with Gasteiger partial charge in [-0.3, -0.25) is 14.3 Å². The molecule has 8 nitrogen and oxygen atoms in total. The molecule has 10 heteroatoms. The molecule has 0 bridgehead atoms. The van der Waals surface area contributed by atoms with Crippen LogP contribution in [0.15, 0.2) is 81.7 Å². The van der Waals surface area contributed by atoms with Crippen molar-refractivity contribution in [2.75, 3.05) is 16.6 Å². The molecule has 0 aliphatic heterocycles. The summed E-state index contributed by atoms with van der Waals surface area (Å²) in [6.07, 6.45) is 3.49. The Bertz CT molecular complexity index is 1230. The molecule has 0 fully saturated rings. The van der Waals surface area contributed by atoms with Crippen LogP contribution in [0.1, 0.15) is 37.0 Å². The molecule has 2 aromatic carbocycles. The summed E-state index contributed by atoms with van der Waals surface area (Å²) in [4.78, 5) is 28.5. The van der Waals surface area contributed by atoms with Gasteiger partial charge in [0.1, 0.15) is 5.03 Å². The van der Waals surface area contributed by atoms with Crippen molar-refractivity contribution in [3.05, 3.63) is 72.4 Å². The van der Waals surface area contributed by atoms with Crippen LogP contribution in [0.2, 0.25) is 0 Å². The number of carbonyl (C=O) groups excluding carboxylic acids is 2. The summed E-state index contributed by atoms with van der Waals surface area (Å²) in [6.45, 7) is 4.09. The van der Waals surface area contributed by atoms with E-state index in [1.165, 1.54) is 43.0 Å². The van der Waals surface area contributed by atoms with E-state index < -0.39 is 10.0 Å². The molecule has 0 spiro atoms. The zero-order valence-corrected chi connectivity index (χ0v) is 20.5. The van der Waals surface area contributed by atoms with Crippen molar-refractivity contribution in [2.24, 2.45) is 0 Å². The third-order valence-corrected chi connectivity index (χ3v) is 6.98. The maximum absolute atomic E-state index is 12.6. The van der Waals surface area contributed by atoms with Crippen molar-refractivity contribution in [1.82, 2.24) is 10.3 Å². The lowest BCUT2D eigenvalue weighted by atomic mass is 10.2. The highest BCUT2D eigenvalue weighted by Gasteiger charge is 2.14. The first-order chi connectivity index (χ1) is 16.3. The first-order valence-electron chi connectivity index (χ1n) is 10.7. The van der Waals surface area contributed by atoms with E-state index in [0.717, 1.165) is 22.8 Å². The number of hydrogen-bond acceptors (Lipinski definition) is 6. The molecule has 3 aromatic rings. The third kappa shape index (κ3) is 7.32. The highest BCUT2D eigenvalue weighted by Crippen LogP contribution is 2.28. The number of nitrogens with one attached hydrogen (secondary N) is 3. The van der Waals surface area contributed by atoms with Crippen LogP contribution in [0.3, 0.4) is 0 Å². The Morgan fingerprint density at radius 3 is 2.21 bits per heavy atom. The van der Waals surface area contributed by atoms with E-state index in [1.54, 1.807) is 42.6 Å². The molecule has 1 heterocycles. The maximum atomic E-state index is 12.6. The molecule has 0 aliphatic rings. The number of nitrogens with zero attached hydrogens (tertiary/aromatic N) is 1. The van der Waals surface area contributed by atoms with Gasteiger partial charge < -0.3 is 10.6 Å². The van der Waals surface area contributed by atoms with Gasteiger partial charge in [0.2, 0.25) is 5.91 Å². The van der Waals surface area contributed by atoms with Crippen LogP contribution in [0, 0.1) is 0 Å². The molecule has 0 unspecified atom stereocenters. The molecule has 0 atom stereocenters. The molecule has 34 heavy (non-hydrogen) atoms. The van der Waals surface area contributed by atoms with Gasteiger partial charge in [0.25, 0.3) is 15.9 Å². The molecule has 0 aliphatic carbocycles. The lowest BCUT2D eigenvalue weighted by molar-refractivity contribution is -0.114. The molecular formula is C24H26N4O4S2. The minimum atomic E-state index is -3.77. The van der Waals surface area contributed by atoms with E-state index in [1.807, 2.05) is 0 Å². The number of unbranched alkanes of at least 4 members (excludes halogenated alkanes) is 1. The average Bonchev–Trinajstić information content (AvgIpc) is 2.81. The number of anilines is 2. The number of pyridine rings is 1. The SMILES string of the molecule is CCCCNC(=O)c1ccc(Sc2ccc(NS(=O)(=O)c3ccc(NC(C)=O)cc3)cc2)nc1. The summed E-state index contributed by atoms with van der Waals surface area (Å²) in [7, 11) is -3.77. The second-order valence-corrected chi connectivity index (χ2v) is 10.2. The summed E-state index contributed by atoms with van der Waals surface area (Å²) in [5.74, 6) is -0.371. The van der Waals surface area contributed by atoms with Crippen molar-refractivity contribution in [3.63, 3.8) is 0 Å². The standard InChI is InChI=1S/C24H26N4O4S2/c1-3-4-15-25-24(30)18-5-14-23(26-16-18)33-21-10-6-20(7-11-21)28-34(31,32)22-12-8-19(9-13-22)27-17(2)29/h5-14,16,28H,3-4,15H2,1-2H3,(H,25,30)(H,27,29). The van der Waals surface area contributed by atoms with Gasteiger partial charge in [0.15, 0.2) is 0 Å².